The van der Waals surface area contributed by atoms with Crippen LogP contribution < -0.4 is 5.32 Å². The molecule has 0 saturated carbocycles. The number of fused-ring (bicyclic) bond motifs is 1. The highest BCUT2D eigenvalue weighted by Gasteiger charge is 2.18. The quantitative estimate of drug-likeness (QED) is 0.772. The van der Waals surface area contributed by atoms with Crippen molar-refractivity contribution in [3.63, 3.8) is 0 Å². The van der Waals surface area contributed by atoms with Crippen molar-refractivity contribution in [2.45, 2.75) is 19.4 Å². The highest BCUT2D eigenvalue weighted by atomic mass is 16.3. The highest BCUT2D eigenvalue weighted by molar-refractivity contribution is 5.74. The average molecular weight is 282 g/mol. The van der Waals surface area contributed by atoms with Crippen LogP contribution in [0.1, 0.15) is 13.8 Å². The summed E-state index contributed by atoms with van der Waals surface area (Å²) in [5.74, 6) is 0.839. The van der Waals surface area contributed by atoms with Gasteiger partial charge in [0.1, 0.15) is 17.2 Å². The molecule has 5 nitrogen and oxygen atoms in total. The number of rotatable bonds is 4. The third-order valence-corrected chi connectivity index (χ3v) is 3.13. The molecular weight excluding hydrogens is 264 g/mol. The minimum Gasteiger partial charge on any atom is -0.389 e. The molecule has 0 aromatic carbocycles. The Labute approximate surface area is 123 Å². The molecule has 3 aromatic heterocycles. The number of nitrogens with one attached hydrogen (secondary N) is 1. The molecule has 0 aliphatic rings. The molecule has 0 atom stereocenters. The van der Waals surface area contributed by atoms with Gasteiger partial charge in [0.05, 0.1) is 11.3 Å². The Morgan fingerprint density at radius 2 is 2.00 bits per heavy atom. The van der Waals surface area contributed by atoms with Gasteiger partial charge in [-0.3, -0.25) is 9.38 Å². The first-order chi connectivity index (χ1) is 10.0. The smallest absolute Gasteiger partial charge is 0.140 e. The number of aromatic nitrogens is 3. The van der Waals surface area contributed by atoms with E-state index in [4.69, 9.17) is 0 Å². The van der Waals surface area contributed by atoms with Crippen molar-refractivity contribution >= 4 is 11.5 Å². The van der Waals surface area contributed by atoms with E-state index in [0.29, 0.717) is 6.54 Å². The van der Waals surface area contributed by atoms with Crippen molar-refractivity contribution in [3.8, 4) is 11.4 Å². The SMILES string of the molecule is CC(C)(O)CNc1c(-c2ccccn2)nc2ccccn12. The number of anilines is 1. The molecule has 3 aromatic rings. The molecule has 108 valence electrons. The minimum absolute atomic E-state index is 0.426. The molecule has 0 aliphatic heterocycles. The third-order valence-electron chi connectivity index (χ3n) is 3.13. The summed E-state index contributed by atoms with van der Waals surface area (Å²) in [4.78, 5) is 9.01. The maximum atomic E-state index is 9.94. The topological polar surface area (TPSA) is 62.5 Å². The summed E-state index contributed by atoms with van der Waals surface area (Å²) in [5, 5.41) is 13.2. The van der Waals surface area contributed by atoms with Crippen molar-refractivity contribution < 1.29 is 5.11 Å². The lowest BCUT2D eigenvalue weighted by Gasteiger charge is -2.18. The Morgan fingerprint density at radius 1 is 1.19 bits per heavy atom. The Bertz CT molecular complexity index is 744. The maximum Gasteiger partial charge on any atom is 0.140 e. The van der Waals surface area contributed by atoms with E-state index in [1.165, 1.54) is 0 Å². The fourth-order valence-electron chi connectivity index (χ4n) is 2.15. The molecule has 21 heavy (non-hydrogen) atoms. The zero-order valence-electron chi connectivity index (χ0n) is 12.1. The summed E-state index contributed by atoms with van der Waals surface area (Å²) in [6.07, 6.45) is 3.70. The van der Waals surface area contributed by atoms with E-state index >= 15 is 0 Å². The van der Waals surface area contributed by atoms with Crippen molar-refractivity contribution in [3.05, 3.63) is 48.8 Å². The van der Waals surface area contributed by atoms with E-state index in [-0.39, 0.29) is 0 Å². The van der Waals surface area contributed by atoms with Crippen LogP contribution in [0, 0.1) is 0 Å². The molecule has 0 amide bonds. The van der Waals surface area contributed by atoms with Gasteiger partial charge < -0.3 is 10.4 Å². The largest absolute Gasteiger partial charge is 0.389 e. The molecule has 0 aliphatic carbocycles. The Balaban J connectivity index is 2.10. The summed E-state index contributed by atoms with van der Waals surface area (Å²) in [5.41, 5.74) is 1.63. The number of hydrogen-bond donors (Lipinski definition) is 2. The van der Waals surface area contributed by atoms with Gasteiger partial charge >= 0.3 is 0 Å². The number of aliphatic hydroxyl groups is 1. The molecule has 0 spiro atoms. The zero-order chi connectivity index (χ0) is 14.9. The van der Waals surface area contributed by atoms with Crippen molar-refractivity contribution in [1.29, 1.82) is 0 Å². The summed E-state index contributed by atoms with van der Waals surface area (Å²) in [6.45, 7) is 3.96. The standard InChI is InChI=1S/C16H18N4O/c1-16(2,21)11-18-15-14(12-7-3-5-9-17-12)19-13-8-4-6-10-20(13)15/h3-10,18,21H,11H2,1-2H3. The van der Waals surface area contributed by atoms with Crippen LogP contribution >= 0.6 is 0 Å². The fourth-order valence-corrected chi connectivity index (χ4v) is 2.15. The predicted molar refractivity (Wildman–Crippen MR) is 83.2 cm³/mol. The van der Waals surface area contributed by atoms with E-state index in [0.717, 1.165) is 22.9 Å². The van der Waals surface area contributed by atoms with Crippen molar-refractivity contribution in [1.82, 2.24) is 14.4 Å². The molecule has 3 rings (SSSR count). The Hall–Kier alpha value is -2.40. The summed E-state index contributed by atoms with van der Waals surface area (Å²) in [7, 11) is 0. The van der Waals surface area contributed by atoms with E-state index in [1.807, 2.05) is 47.0 Å². The first-order valence-corrected chi connectivity index (χ1v) is 6.89. The van der Waals surface area contributed by atoms with Crippen molar-refractivity contribution in [2.24, 2.45) is 0 Å². The van der Waals surface area contributed by atoms with Crippen LogP contribution in [0.5, 0.6) is 0 Å². The lowest BCUT2D eigenvalue weighted by molar-refractivity contribution is 0.0944. The predicted octanol–water partition coefficient (Wildman–Crippen LogP) is 2.58. The lowest BCUT2D eigenvalue weighted by atomic mass is 10.1. The van der Waals surface area contributed by atoms with E-state index in [9.17, 15) is 5.11 Å². The van der Waals surface area contributed by atoms with Crippen LogP contribution in [-0.2, 0) is 0 Å². The van der Waals surface area contributed by atoms with Crippen molar-refractivity contribution in [2.75, 3.05) is 11.9 Å². The van der Waals surface area contributed by atoms with Crippen LogP contribution in [0.4, 0.5) is 5.82 Å². The fraction of sp³-hybridized carbons (Fsp3) is 0.250. The maximum absolute atomic E-state index is 9.94. The monoisotopic (exact) mass is 282 g/mol. The van der Waals surface area contributed by atoms with Gasteiger partial charge in [-0.2, -0.15) is 0 Å². The summed E-state index contributed by atoms with van der Waals surface area (Å²) >= 11 is 0. The van der Waals surface area contributed by atoms with E-state index < -0.39 is 5.60 Å². The molecule has 5 heteroatoms. The van der Waals surface area contributed by atoms with Gasteiger partial charge in [-0.15, -0.1) is 0 Å². The van der Waals surface area contributed by atoms with E-state index in [1.54, 1.807) is 20.0 Å². The van der Waals surface area contributed by atoms with Crippen LogP contribution in [-0.4, -0.2) is 31.6 Å². The number of nitrogens with zero attached hydrogens (tertiary/aromatic N) is 3. The van der Waals surface area contributed by atoms with E-state index in [2.05, 4.69) is 15.3 Å². The lowest BCUT2D eigenvalue weighted by Crippen LogP contribution is -2.29. The molecule has 0 fully saturated rings. The number of pyridine rings is 2. The van der Waals surface area contributed by atoms with Crippen LogP contribution in [0.2, 0.25) is 0 Å². The molecule has 0 radical (unpaired) electrons. The van der Waals surface area contributed by atoms with Crippen LogP contribution in [0.3, 0.4) is 0 Å². The molecule has 0 bridgehead atoms. The van der Waals surface area contributed by atoms with Crippen LogP contribution in [0.15, 0.2) is 48.8 Å². The first-order valence-electron chi connectivity index (χ1n) is 6.89. The third kappa shape index (κ3) is 2.87. The van der Waals surface area contributed by atoms with Gasteiger partial charge in [0.15, 0.2) is 0 Å². The van der Waals surface area contributed by atoms with Gasteiger partial charge in [-0.1, -0.05) is 12.1 Å². The molecule has 2 N–H and O–H groups in total. The number of imidazole rings is 1. The second-order valence-electron chi connectivity index (χ2n) is 5.62. The van der Waals surface area contributed by atoms with Gasteiger partial charge in [-0.25, -0.2) is 4.98 Å². The van der Waals surface area contributed by atoms with Gasteiger partial charge in [0, 0.05) is 18.9 Å². The molecular formula is C16H18N4O. The van der Waals surface area contributed by atoms with Crippen LogP contribution in [0.25, 0.3) is 17.0 Å². The number of hydrogen-bond acceptors (Lipinski definition) is 4. The highest BCUT2D eigenvalue weighted by Crippen LogP contribution is 2.27. The molecule has 3 heterocycles. The Kier molecular flexibility index (Phi) is 3.35. The Morgan fingerprint density at radius 3 is 2.71 bits per heavy atom. The van der Waals surface area contributed by atoms with Gasteiger partial charge in [-0.05, 0) is 38.1 Å². The average Bonchev–Trinajstić information content (AvgIpc) is 2.84. The summed E-state index contributed by atoms with van der Waals surface area (Å²) < 4.78 is 1.97. The summed E-state index contributed by atoms with van der Waals surface area (Å²) in [6, 6.07) is 11.6. The first kappa shape index (κ1) is 13.6. The van der Waals surface area contributed by atoms with Gasteiger partial charge in [0.2, 0.25) is 0 Å². The van der Waals surface area contributed by atoms with Gasteiger partial charge in [0.25, 0.3) is 0 Å². The zero-order valence-corrected chi connectivity index (χ0v) is 12.1. The second-order valence-corrected chi connectivity index (χ2v) is 5.62. The second kappa shape index (κ2) is 5.18. The molecule has 0 saturated heterocycles. The normalized spacial score (nSPS) is 11.8. The molecule has 0 unspecified atom stereocenters. The minimum atomic E-state index is -0.805.